The maximum atomic E-state index is 12.9. The van der Waals surface area contributed by atoms with Gasteiger partial charge in [-0.1, -0.05) is 29.3 Å². The SMILES string of the molecule is Cc1ccc(S(=O)(=O)Nc2cc(Cl)cnc2C(=O)O)cc1C(F)(F)F.N#Cc1ncc(Cl)cc1N. The molecule has 0 unspecified atom stereocenters. The Morgan fingerprint density at radius 1 is 1.14 bits per heavy atom. The van der Waals surface area contributed by atoms with Gasteiger partial charge in [0, 0.05) is 12.4 Å². The lowest BCUT2D eigenvalue weighted by Crippen LogP contribution is -2.18. The van der Waals surface area contributed by atoms with Crippen LogP contribution in [0.5, 0.6) is 0 Å². The third kappa shape index (κ3) is 7.19. The van der Waals surface area contributed by atoms with E-state index >= 15 is 0 Å². The van der Waals surface area contributed by atoms with Crippen LogP contribution in [0.25, 0.3) is 0 Å². The van der Waals surface area contributed by atoms with Crippen LogP contribution in [0.1, 0.15) is 27.3 Å². The van der Waals surface area contributed by atoms with Gasteiger partial charge in [0.25, 0.3) is 10.0 Å². The van der Waals surface area contributed by atoms with Crippen LogP contribution in [-0.4, -0.2) is 29.5 Å². The molecule has 35 heavy (non-hydrogen) atoms. The number of carboxylic acid groups (broad SMARTS) is 1. The zero-order valence-corrected chi connectivity index (χ0v) is 19.8. The number of aryl methyl sites for hydroxylation is 1. The predicted molar refractivity (Wildman–Crippen MR) is 122 cm³/mol. The minimum absolute atomic E-state index is 0.0532. The number of rotatable bonds is 4. The molecule has 0 fully saturated rings. The number of nitrogen functional groups attached to an aromatic ring is 1. The Morgan fingerprint density at radius 2 is 1.74 bits per heavy atom. The van der Waals surface area contributed by atoms with Crippen molar-refractivity contribution in [3.8, 4) is 6.07 Å². The predicted octanol–water partition coefficient (Wildman–Crippen LogP) is 4.75. The molecule has 0 bridgehead atoms. The van der Waals surface area contributed by atoms with Gasteiger partial charge in [-0.05, 0) is 36.8 Å². The van der Waals surface area contributed by atoms with Crippen molar-refractivity contribution in [1.82, 2.24) is 9.97 Å². The first-order valence-corrected chi connectivity index (χ1v) is 11.3. The van der Waals surface area contributed by atoms with Crippen LogP contribution in [0.2, 0.25) is 10.0 Å². The molecule has 9 nitrogen and oxygen atoms in total. The average Bonchev–Trinajstić information content (AvgIpc) is 2.73. The molecule has 0 saturated carbocycles. The fraction of sp³-hybridized carbons (Fsp3) is 0.100. The summed E-state index contributed by atoms with van der Waals surface area (Å²) in [6.07, 6.45) is -2.35. The Hall–Kier alpha value is -3.60. The van der Waals surface area contributed by atoms with Gasteiger partial charge >= 0.3 is 12.1 Å². The molecule has 0 aliphatic heterocycles. The van der Waals surface area contributed by atoms with Crippen LogP contribution in [-0.2, 0) is 16.2 Å². The maximum Gasteiger partial charge on any atom is 0.416 e. The van der Waals surface area contributed by atoms with Crippen molar-refractivity contribution in [2.75, 3.05) is 10.5 Å². The van der Waals surface area contributed by atoms with E-state index in [4.69, 9.17) is 39.3 Å². The van der Waals surface area contributed by atoms with E-state index in [1.54, 1.807) is 0 Å². The molecule has 15 heteroatoms. The Balaban J connectivity index is 0.000000360. The topological polar surface area (TPSA) is 159 Å². The number of aromatic carboxylic acids is 1. The van der Waals surface area contributed by atoms with Gasteiger partial charge in [0.05, 0.1) is 31.9 Å². The second-order valence-corrected chi connectivity index (χ2v) is 9.19. The van der Waals surface area contributed by atoms with Crippen molar-refractivity contribution < 1.29 is 31.5 Å². The van der Waals surface area contributed by atoms with Crippen LogP contribution < -0.4 is 10.5 Å². The first kappa shape index (κ1) is 27.6. The molecular formula is C20H14Cl2F3N5O4S. The molecule has 1 aromatic carbocycles. The number of benzene rings is 1. The number of nitriles is 1. The number of hydrogen-bond acceptors (Lipinski definition) is 7. The lowest BCUT2D eigenvalue weighted by atomic mass is 10.1. The summed E-state index contributed by atoms with van der Waals surface area (Å²) in [5.74, 6) is -1.53. The van der Waals surface area contributed by atoms with Crippen molar-refractivity contribution in [3.63, 3.8) is 0 Å². The fourth-order valence-electron chi connectivity index (χ4n) is 2.51. The number of anilines is 2. The van der Waals surface area contributed by atoms with Gasteiger partial charge in [0.1, 0.15) is 6.07 Å². The molecule has 4 N–H and O–H groups in total. The molecule has 0 aliphatic rings. The van der Waals surface area contributed by atoms with Crippen molar-refractivity contribution in [2.24, 2.45) is 0 Å². The molecular weight excluding hydrogens is 534 g/mol. The van der Waals surface area contributed by atoms with Gasteiger partial charge in [-0.2, -0.15) is 18.4 Å². The summed E-state index contributed by atoms with van der Waals surface area (Å²) >= 11 is 11.2. The van der Waals surface area contributed by atoms with Gasteiger partial charge < -0.3 is 10.8 Å². The number of halogens is 5. The normalized spacial score (nSPS) is 11.1. The highest BCUT2D eigenvalue weighted by Gasteiger charge is 2.34. The third-order valence-corrected chi connectivity index (χ3v) is 5.89. The number of carbonyl (C=O) groups is 1. The Morgan fingerprint density at radius 3 is 2.29 bits per heavy atom. The first-order chi connectivity index (χ1) is 16.2. The number of nitrogens with zero attached hydrogens (tertiary/aromatic N) is 3. The lowest BCUT2D eigenvalue weighted by Gasteiger charge is -2.14. The van der Waals surface area contributed by atoms with Crippen LogP contribution in [0.4, 0.5) is 24.5 Å². The number of sulfonamides is 1. The zero-order chi connectivity index (χ0) is 26.6. The van der Waals surface area contributed by atoms with Gasteiger partial charge in [0.2, 0.25) is 0 Å². The second-order valence-electron chi connectivity index (χ2n) is 6.64. The molecule has 0 saturated heterocycles. The summed E-state index contributed by atoms with van der Waals surface area (Å²) in [4.78, 5) is 17.6. The van der Waals surface area contributed by atoms with Crippen LogP contribution in [0, 0.1) is 18.3 Å². The largest absolute Gasteiger partial charge is 0.476 e. The third-order valence-electron chi connectivity index (χ3n) is 4.12. The number of hydrogen-bond donors (Lipinski definition) is 3. The van der Waals surface area contributed by atoms with Crippen LogP contribution in [0.3, 0.4) is 0 Å². The summed E-state index contributed by atoms with van der Waals surface area (Å²) in [7, 11) is -4.50. The highest BCUT2D eigenvalue weighted by Crippen LogP contribution is 2.33. The first-order valence-electron chi connectivity index (χ1n) is 9.06. The number of aromatic nitrogens is 2. The average molecular weight is 548 g/mol. The monoisotopic (exact) mass is 547 g/mol. The number of nitrogens with one attached hydrogen (secondary N) is 1. The van der Waals surface area contributed by atoms with Crippen molar-refractivity contribution in [1.29, 1.82) is 5.26 Å². The van der Waals surface area contributed by atoms with E-state index in [2.05, 4.69) is 9.97 Å². The molecule has 3 aromatic rings. The zero-order valence-electron chi connectivity index (χ0n) is 17.4. The molecule has 2 heterocycles. The molecule has 0 amide bonds. The van der Waals surface area contributed by atoms with Crippen molar-refractivity contribution in [2.45, 2.75) is 18.0 Å². The number of pyridine rings is 2. The molecule has 184 valence electrons. The van der Waals surface area contributed by atoms with Gasteiger partial charge in [-0.25, -0.2) is 23.2 Å². The van der Waals surface area contributed by atoms with E-state index in [0.717, 1.165) is 24.4 Å². The summed E-state index contributed by atoms with van der Waals surface area (Å²) in [5, 5.41) is 17.8. The van der Waals surface area contributed by atoms with Gasteiger partial charge in [0.15, 0.2) is 11.4 Å². The van der Waals surface area contributed by atoms with Gasteiger partial charge in [-0.3, -0.25) is 4.72 Å². The smallest absolute Gasteiger partial charge is 0.416 e. The van der Waals surface area contributed by atoms with Crippen LogP contribution >= 0.6 is 23.2 Å². The molecule has 2 aromatic heterocycles. The highest BCUT2D eigenvalue weighted by molar-refractivity contribution is 7.92. The Labute approximate surface area is 207 Å². The van der Waals surface area contributed by atoms with E-state index in [-0.39, 0.29) is 16.3 Å². The van der Waals surface area contributed by atoms with E-state index in [1.807, 2.05) is 10.8 Å². The van der Waals surface area contributed by atoms with E-state index in [1.165, 1.54) is 19.2 Å². The second kappa shape index (κ2) is 10.8. The van der Waals surface area contributed by atoms with Crippen molar-refractivity contribution in [3.05, 3.63) is 75.3 Å². The number of carboxylic acids is 1. The number of nitrogens with two attached hydrogens (primary N) is 1. The maximum absolute atomic E-state index is 12.9. The molecule has 0 radical (unpaired) electrons. The summed E-state index contributed by atoms with van der Waals surface area (Å²) in [6, 6.07) is 6.77. The minimum Gasteiger partial charge on any atom is -0.476 e. The minimum atomic E-state index is -4.74. The lowest BCUT2D eigenvalue weighted by molar-refractivity contribution is -0.138. The quantitative estimate of drug-likeness (QED) is 0.421. The van der Waals surface area contributed by atoms with Gasteiger partial charge in [-0.15, -0.1) is 0 Å². The molecule has 0 aliphatic carbocycles. The number of alkyl halides is 3. The molecule has 0 spiro atoms. The summed E-state index contributed by atoms with van der Waals surface area (Å²) in [5.41, 5.74) is 3.52. The Kier molecular flexibility index (Phi) is 8.50. The van der Waals surface area contributed by atoms with Crippen molar-refractivity contribution >= 4 is 50.6 Å². The summed E-state index contributed by atoms with van der Waals surface area (Å²) < 4.78 is 65.4. The Bertz CT molecular complexity index is 1430. The summed E-state index contributed by atoms with van der Waals surface area (Å²) in [6.45, 7) is 1.19. The fourth-order valence-corrected chi connectivity index (χ4v) is 3.92. The van der Waals surface area contributed by atoms with E-state index < -0.39 is 44.0 Å². The standard InChI is InChI=1S/C14H10ClF3N2O4S.C6H4ClN3/c1-7-2-3-9(5-10(7)14(16,17)18)25(23,24)20-11-4-8(15)6-19-12(11)13(21)22;7-4-1-5(9)6(2-8)10-3-4/h2-6,20H,1H3,(H,21,22);1,3H,9H2. The highest BCUT2D eigenvalue weighted by atomic mass is 35.5. The van der Waals surface area contributed by atoms with E-state index in [0.29, 0.717) is 16.8 Å². The molecule has 0 atom stereocenters. The molecule has 3 rings (SSSR count). The van der Waals surface area contributed by atoms with E-state index in [9.17, 15) is 26.4 Å². The van der Waals surface area contributed by atoms with Crippen LogP contribution in [0.15, 0.2) is 47.6 Å².